The van der Waals surface area contributed by atoms with Crippen LogP contribution in [0.1, 0.15) is 35.6 Å². The van der Waals surface area contributed by atoms with Crippen LogP contribution in [0.2, 0.25) is 5.02 Å². The Labute approximate surface area is 159 Å². The van der Waals surface area contributed by atoms with Crippen LogP contribution in [-0.2, 0) is 6.42 Å². The topological polar surface area (TPSA) is 62.3 Å². The number of fused-ring (bicyclic) bond motifs is 1. The first kappa shape index (κ1) is 17.4. The molecule has 2 N–H and O–H groups in total. The number of ether oxygens (including phenoxy) is 1. The van der Waals surface area contributed by atoms with Gasteiger partial charge in [0.05, 0.1) is 11.6 Å². The minimum absolute atomic E-state index is 0.107. The third kappa shape index (κ3) is 3.31. The summed E-state index contributed by atoms with van der Waals surface area (Å²) in [6, 6.07) is 16.3. The predicted molar refractivity (Wildman–Crippen MR) is 102 cm³/mol. The molecule has 1 saturated heterocycles. The highest BCUT2D eigenvalue weighted by Crippen LogP contribution is 2.39. The Balaban J connectivity index is 1.67. The second-order valence-corrected chi connectivity index (χ2v) is 7.59. The molecule has 4 nitrogen and oxygen atoms in total. The van der Waals surface area contributed by atoms with E-state index in [1.807, 2.05) is 6.07 Å². The van der Waals surface area contributed by atoms with Crippen molar-refractivity contribution in [3.8, 4) is 11.8 Å². The molecular formula is C21H22ClN3O. The van der Waals surface area contributed by atoms with Crippen molar-refractivity contribution in [3.05, 3.63) is 64.2 Å². The van der Waals surface area contributed by atoms with Gasteiger partial charge in [0, 0.05) is 17.6 Å². The molecule has 2 aromatic rings. The largest absolute Gasteiger partial charge is 0.483 e. The van der Waals surface area contributed by atoms with Crippen LogP contribution in [-0.4, -0.2) is 30.1 Å². The second kappa shape index (κ2) is 7.28. The fraction of sp³-hybridized carbons (Fsp3) is 0.381. The Hall–Kier alpha value is -2.06. The zero-order chi connectivity index (χ0) is 18.1. The molecule has 2 aromatic carbocycles. The maximum absolute atomic E-state index is 9.45. The van der Waals surface area contributed by atoms with Gasteiger partial charge in [0.2, 0.25) is 0 Å². The monoisotopic (exact) mass is 367 g/mol. The van der Waals surface area contributed by atoms with Gasteiger partial charge in [-0.3, -0.25) is 4.90 Å². The molecule has 3 atom stereocenters. The van der Waals surface area contributed by atoms with E-state index in [2.05, 4.69) is 29.2 Å². The number of hydrogen-bond acceptors (Lipinski definition) is 4. The molecular weight excluding hydrogens is 346 g/mol. The van der Waals surface area contributed by atoms with Crippen molar-refractivity contribution < 1.29 is 4.74 Å². The summed E-state index contributed by atoms with van der Waals surface area (Å²) in [5.41, 5.74) is 9.20. The molecule has 26 heavy (non-hydrogen) atoms. The van der Waals surface area contributed by atoms with Gasteiger partial charge in [0.1, 0.15) is 17.9 Å². The highest BCUT2D eigenvalue weighted by Gasteiger charge is 2.39. The highest BCUT2D eigenvalue weighted by atomic mass is 35.5. The Morgan fingerprint density at radius 2 is 2.08 bits per heavy atom. The molecule has 1 aliphatic heterocycles. The maximum atomic E-state index is 9.45. The molecule has 0 unspecified atom stereocenters. The van der Waals surface area contributed by atoms with Gasteiger partial charge in [0.15, 0.2) is 0 Å². The van der Waals surface area contributed by atoms with Gasteiger partial charge in [-0.1, -0.05) is 35.9 Å². The van der Waals surface area contributed by atoms with Crippen molar-refractivity contribution >= 4 is 11.6 Å². The van der Waals surface area contributed by atoms with E-state index in [1.165, 1.54) is 11.1 Å². The number of nitriles is 1. The Bertz CT molecular complexity index is 847. The summed E-state index contributed by atoms with van der Waals surface area (Å²) in [7, 11) is 0. The molecule has 1 heterocycles. The summed E-state index contributed by atoms with van der Waals surface area (Å²) in [5, 5.41) is 9.99. The fourth-order valence-corrected chi connectivity index (χ4v) is 4.34. The minimum atomic E-state index is -0.107. The van der Waals surface area contributed by atoms with E-state index >= 15 is 0 Å². The van der Waals surface area contributed by atoms with Crippen molar-refractivity contribution in [2.24, 2.45) is 5.73 Å². The van der Waals surface area contributed by atoms with Gasteiger partial charge in [-0.2, -0.15) is 5.26 Å². The molecule has 0 aromatic heterocycles. The lowest BCUT2D eigenvalue weighted by Gasteiger charge is -2.38. The summed E-state index contributed by atoms with van der Waals surface area (Å²) < 4.78 is 6.42. The average Bonchev–Trinajstić information content (AvgIpc) is 3.02. The van der Waals surface area contributed by atoms with E-state index in [1.54, 1.807) is 18.2 Å². The number of nitrogens with zero attached hydrogens (tertiary/aromatic N) is 2. The number of likely N-dealkylation sites (tertiary alicyclic amines) is 1. The number of piperidine rings is 1. The number of benzene rings is 2. The van der Waals surface area contributed by atoms with E-state index in [0.29, 0.717) is 16.3 Å². The number of hydrogen-bond donors (Lipinski definition) is 1. The van der Waals surface area contributed by atoms with E-state index in [-0.39, 0.29) is 18.2 Å². The van der Waals surface area contributed by atoms with Gasteiger partial charge >= 0.3 is 0 Å². The molecule has 0 bridgehead atoms. The maximum Gasteiger partial charge on any atom is 0.140 e. The lowest BCUT2D eigenvalue weighted by Crippen LogP contribution is -2.49. The van der Waals surface area contributed by atoms with Gasteiger partial charge in [-0.05, 0) is 55.1 Å². The van der Waals surface area contributed by atoms with Crippen LogP contribution in [0, 0.1) is 11.3 Å². The van der Waals surface area contributed by atoms with Gasteiger partial charge in [-0.15, -0.1) is 0 Å². The molecule has 134 valence electrons. The van der Waals surface area contributed by atoms with Crippen molar-refractivity contribution in [3.63, 3.8) is 0 Å². The molecule has 0 radical (unpaired) electrons. The highest BCUT2D eigenvalue weighted by molar-refractivity contribution is 6.30. The van der Waals surface area contributed by atoms with Crippen LogP contribution in [0.15, 0.2) is 42.5 Å². The van der Waals surface area contributed by atoms with Crippen molar-refractivity contribution in [2.75, 3.05) is 13.1 Å². The minimum Gasteiger partial charge on any atom is -0.483 e. The van der Waals surface area contributed by atoms with E-state index in [9.17, 15) is 5.26 Å². The normalized spacial score (nSPS) is 25.5. The summed E-state index contributed by atoms with van der Waals surface area (Å²) >= 11 is 6.03. The molecule has 1 fully saturated rings. The molecule has 0 saturated carbocycles. The zero-order valence-electron chi connectivity index (χ0n) is 14.6. The Morgan fingerprint density at radius 3 is 2.88 bits per heavy atom. The van der Waals surface area contributed by atoms with Crippen LogP contribution in [0.4, 0.5) is 0 Å². The number of halogens is 1. The SMILES string of the molecule is N#Cc1cc(Cl)ccc1O[C@@H]1c2ccccc2C[C@H]1N1CCC[C@H](N)C1. The average molecular weight is 368 g/mol. The molecule has 0 amide bonds. The predicted octanol–water partition coefficient (Wildman–Crippen LogP) is 3.68. The second-order valence-electron chi connectivity index (χ2n) is 7.16. The standard InChI is InChI=1S/C21H22ClN3O/c22-16-7-8-20(15(10-16)12-23)26-21-18-6-2-1-4-14(18)11-19(21)25-9-3-5-17(24)13-25/h1-2,4,6-8,10,17,19,21H,3,5,9,11,13,24H2/t17-,19+,21+/m0/s1. The molecule has 2 aliphatic rings. The van der Waals surface area contributed by atoms with Gasteiger partial charge in [-0.25, -0.2) is 0 Å². The smallest absolute Gasteiger partial charge is 0.140 e. The number of rotatable bonds is 3. The molecule has 4 rings (SSSR count). The molecule has 5 heteroatoms. The quantitative estimate of drug-likeness (QED) is 0.898. The molecule has 0 spiro atoms. The van der Waals surface area contributed by atoms with Crippen LogP contribution in [0.5, 0.6) is 5.75 Å². The third-order valence-corrected chi connectivity index (χ3v) is 5.65. The van der Waals surface area contributed by atoms with Gasteiger partial charge < -0.3 is 10.5 Å². The zero-order valence-corrected chi connectivity index (χ0v) is 15.3. The summed E-state index contributed by atoms with van der Waals surface area (Å²) in [6.07, 6.45) is 3.04. The number of nitrogens with two attached hydrogens (primary N) is 1. The first-order valence-electron chi connectivity index (χ1n) is 9.09. The Morgan fingerprint density at radius 1 is 1.23 bits per heavy atom. The van der Waals surface area contributed by atoms with E-state index < -0.39 is 0 Å². The van der Waals surface area contributed by atoms with E-state index in [0.717, 1.165) is 32.4 Å². The van der Waals surface area contributed by atoms with Crippen LogP contribution < -0.4 is 10.5 Å². The van der Waals surface area contributed by atoms with Crippen LogP contribution in [0.25, 0.3) is 0 Å². The Kier molecular flexibility index (Phi) is 4.86. The first-order chi connectivity index (χ1) is 12.7. The lowest BCUT2D eigenvalue weighted by atomic mass is 10.0. The summed E-state index contributed by atoms with van der Waals surface area (Å²) in [6.45, 7) is 1.93. The first-order valence-corrected chi connectivity index (χ1v) is 9.47. The summed E-state index contributed by atoms with van der Waals surface area (Å²) in [4.78, 5) is 2.46. The lowest BCUT2D eigenvalue weighted by molar-refractivity contribution is 0.0591. The van der Waals surface area contributed by atoms with E-state index in [4.69, 9.17) is 22.1 Å². The van der Waals surface area contributed by atoms with Crippen molar-refractivity contribution in [1.82, 2.24) is 4.90 Å². The van der Waals surface area contributed by atoms with Crippen molar-refractivity contribution in [1.29, 1.82) is 5.26 Å². The van der Waals surface area contributed by atoms with Crippen LogP contribution in [0.3, 0.4) is 0 Å². The fourth-order valence-electron chi connectivity index (χ4n) is 4.17. The van der Waals surface area contributed by atoms with Gasteiger partial charge in [0.25, 0.3) is 0 Å². The summed E-state index contributed by atoms with van der Waals surface area (Å²) in [5.74, 6) is 0.588. The van der Waals surface area contributed by atoms with Crippen molar-refractivity contribution in [2.45, 2.75) is 37.5 Å². The third-order valence-electron chi connectivity index (χ3n) is 5.41. The van der Waals surface area contributed by atoms with Crippen LogP contribution >= 0.6 is 11.6 Å². The molecule has 1 aliphatic carbocycles.